The smallest absolute Gasteiger partial charge is 0.328 e. The van der Waals surface area contributed by atoms with Gasteiger partial charge in [-0.15, -0.1) is 0 Å². The van der Waals surface area contributed by atoms with E-state index < -0.39 is 35.0 Å². The molecule has 0 aliphatic carbocycles. The predicted molar refractivity (Wildman–Crippen MR) is 89.8 cm³/mol. The first kappa shape index (κ1) is 19.0. The highest BCUT2D eigenvalue weighted by molar-refractivity contribution is 5.71. The lowest BCUT2D eigenvalue weighted by Gasteiger charge is -2.25. The molecule has 1 N–H and O–H groups in total. The number of carboxylic acids is 1. The van der Waals surface area contributed by atoms with Crippen molar-refractivity contribution >= 4 is 5.97 Å². The van der Waals surface area contributed by atoms with E-state index >= 15 is 0 Å². The fraction of sp³-hybridized carbons (Fsp3) is 0.389. The summed E-state index contributed by atoms with van der Waals surface area (Å²) in [5.41, 5.74) is -0.733. The van der Waals surface area contributed by atoms with Crippen molar-refractivity contribution in [2.45, 2.75) is 25.3 Å². The highest BCUT2D eigenvalue weighted by Crippen LogP contribution is 2.27. The minimum absolute atomic E-state index is 0.108. The molecule has 144 valence electrons. The molecule has 1 aromatic carbocycles. The van der Waals surface area contributed by atoms with E-state index in [0.717, 1.165) is 29.1 Å². The van der Waals surface area contributed by atoms with Gasteiger partial charge < -0.3 is 14.6 Å². The highest BCUT2D eigenvalue weighted by Gasteiger charge is 2.27. The lowest BCUT2D eigenvalue weighted by Crippen LogP contribution is -2.33. The standard InChI is InChI=1S/C18H18F2N2O5/c19-13-2-1-3-14(20)17(13)27-12-9-16(23)22(21-10-12)15(18(24)25)8-11-4-6-26-7-5-11/h1-3,9-11,15H,4-8H2,(H,24,25). The Hall–Kier alpha value is -2.81. The number of hydrogen-bond donors (Lipinski definition) is 1. The molecule has 2 heterocycles. The third-order valence-electron chi connectivity index (χ3n) is 4.42. The van der Waals surface area contributed by atoms with Crippen LogP contribution < -0.4 is 10.3 Å². The van der Waals surface area contributed by atoms with Crippen LogP contribution >= 0.6 is 0 Å². The molecular weight excluding hydrogens is 362 g/mol. The summed E-state index contributed by atoms with van der Waals surface area (Å²) in [5.74, 6) is -3.77. The van der Waals surface area contributed by atoms with Crippen molar-refractivity contribution in [3.05, 3.63) is 52.5 Å². The van der Waals surface area contributed by atoms with E-state index in [-0.39, 0.29) is 18.1 Å². The lowest BCUT2D eigenvalue weighted by atomic mass is 9.92. The van der Waals surface area contributed by atoms with Crippen molar-refractivity contribution in [1.29, 1.82) is 0 Å². The van der Waals surface area contributed by atoms with Crippen LogP contribution in [0, 0.1) is 17.6 Å². The molecule has 1 aliphatic rings. The molecule has 9 heteroatoms. The number of nitrogens with zero attached hydrogens (tertiary/aromatic N) is 2. The van der Waals surface area contributed by atoms with Crippen molar-refractivity contribution in [3.8, 4) is 11.5 Å². The van der Waals surface area contributed by atoms with Crippen LogP contribution in [0.3, 0.4) is 0 Å². The normalized spacial score (nSPS) is 16.1. The number of halogens is 2. The van der Waals surface area contributed by atoms with Crippen LogP contribution in [0.1, 0.15) is 25.3 Å². The number of rotatable bonds is 6. The van der Waals surface area contributed by atoms with Crippen LogP contribution in [0.25, 0.3) is 0 Å². The fourth-order valence-electron chi connectivity index (χ4n) is 2.99. The summed E-state index contributed by atoms with van der Waals surface area (Å²) in [7, 11) is 0. The molecule has 0 bridgehead atoms. The topological polar surface area (TPSA) is 90.7 Å². The van der Waals surface area contributed by atoms with Gasteiger partial charge in [-0.05, 0) is 37.3 Å². The van der Waals surface area contributed by atoms with Gasteiger partial charge in [0, 0.05) is 19.3 Å². The van der Waals surface area contributed by atoms with Crippen LogP contribution in [0.5, 0.6) is 11.5 Å². The van der Waals surface area contributed by atoms with E-state index in [0.29, 0.717) is 26.1 Å². The molecular formula is C18H18F2N2O5. The van der Waals surface area contributed by atoms with Crippen molar-refractivity contribution in [3.63, 3.8) is 0 Å². The van der Waals surface area contributed by atoms with Gasteiger partial charge in [0.25, 0.3) is 5.56 Å². The Morgan fingerprint density at radius 1 is 1.33 bits per heavy atom. The zero-order valence-electron chi connectivity index (χ0n) is 14.3. The molecule has 0 spiro atoms. The Morgan fingerprint density at radius 3 is 2.59 bits per heavy atom. The molecule has 3 rings (SSSR count). The van der Waals surface area contributed by atoms with Crippen LogP contribution in [-0.4, -0.2) is 34.1 Å². The van der Waals surface area contributed by atoms with Gasteiger partial charge in [-0.1, -0.05) is 6.07 Å². The number of benzene rings is 1. The van der Waals surface area contributed by atoms with E-state index in [1.54, 1.807) is 0 Å². The minimum Gasteiger partial charge on any atom is -0.480 e. The summed E-state index contributed by atoms with van der Waals surface area (Å²) in [6.07, 6.45) is 2.74. The van der Waals surface area contributed by atoms with Crippen molar-refractivity contribution < 1.29 is 28.2 Å². The number of ether oxygens (including phenoxy) is 2. The molecule has 1 saturated heterocycles. The summed E-state index contributed by atoms with van der Waals surface area (Å²) >= 11 is 0. The predicted octanol–water partition coefficient (Wildman–Crippen LogP) is 2.76. The summed E-state index contributed by atoms with van der Waals surface area (Å²) < 4.78 is 38.5. The minimum atomic E-state index is -1.18. The quantitative estimate of drug-likeness (QED) is 0.829. The van der Waals surface area contributed by atoms with E-state index in [9.17, 15) is 23.5 Å². The van der Waals surface area contributed by atoms with Crippen molar-refractivity contribution in [2.75, 3.05) is 13.2 Å². The molecule has 1 aliphatic heterocycles. The lowest BCUT2D eigenvalue weighted by molar-refractivity contribution is -0.142. The molecule has 2 aromatic rings. The molecule has 0 amide bonds. The SMILES string of the molecule is O=C(O)C(CC1CCOCC1)n1ncc(Oc2c(F)cccc2F)cc1=O. The van der Waals surface area contributed by atoms with E-state index in [2.05, 4.69) is 5.10 Å². The zero-order valence-corrected chi connectivity index (χ0v) is 14.3. The second-order valence-corrected chi connectivity index (χ2v) is 6.27. The zero-order chi connectivity index (χ0) is 19.4. The van der Waals surface area contributed by atoms with Gasteiger partial charge in [0.1, 0.15) is 0 Å². The Balaban J connectivity index is 1.82. The third kappa shape index (κ3) is 4.48. The van der Waals surface area contributed by atoms with Crippen molar-refractivity contribution in [1.82, 2.24) is 9.78 Å². The molecule has 0 radical (unpaired) electrons. The van der Waals surface area contributed by atoms with E-state index in [1.165, 1.54) is 6.07 Å². The average Bonchev–Trinajstić information content (AvgIpc) is 2.64. The third-order valence-corrected chi connectivity index (χ3v) is 4.42. The second-order valence-electron chi connectivity index (χ2n) is 6.27. The van der Waals surface area contributed by atoms with Crippen LogP contribution in [-0.2, 0) is 9.53 Å². The summed E-state index contributed by atoms with van der Waals surface area (Å²) in [5, 5.41) is 13.3. The number of hydrogen-bond acceptors (Lipinski definition) is 5. The maximum Gasteiger partial charge on any atom is 0.328 e. The van der Waals surface area contributed by atoms with Crippen LogP contribution in [0.2, 0.25) is 0 Å². The Bertz CT molecular complexity index is 860. The molecule has 0 saturated carbocycles. The molecule has 1 aromatic heterocycles. The van der Waals surface area contributed by atoms with E-state index in [4.69, 9.17) is 9.47 Å². The van der Waals surface area contributed by atoms with Gasteiger partial charge >= 0.3 is 5.97 Å². The molecule has 1 atom stereocenters. The van der Waals surface area contributed by atoms with Gasteiger partial charge in [0.2, 0.25) is 0 Å². The van der Waals surface area contributed by atoms with Crippen LogP contribution in [0.4, 0.5) is 8.78 Å². The summed E-state index contributed by atoms with van der Waals surface area (Å²) in [6.45, 7) is 1.11. The van der Waals surface area contributed by atoms with E-state index in [1.807, 2.05) is 0 Å². The second kappa shape index (κ2) is 8.26. The Morgan fingerprint density at radius 2 is 2.00 bits per heavy atom. The average molecular weight is 380 g/mol. The summed E-state index contributed by atoms with van der Waals surface area (Å²) in [6, 6.07) is 3.03. The molecule has 1 fully saturated rings. The molecule has 1 unspecified atom stereocenters. The van der Waals surface area contributed by atoms with Crippen LogP contribution in [0.15, 0.2) is 35.3 Å². The highest BCUT2D eigenvalue weighted by atomic mass is 19.1. The fourth-order valence-corrected chi connectivity index (χ4v) is 2.99. The van der Waals surface area contributed by atoms with Crippen molar-refractivity contribution in [2.24, 2.45) is 5.92 Å². The first-order valence-electron chi connectivity index (χ1n) is 8.47. The Kier molecular flexibility index (Phi) is 5.80. The van der Waals surface area contributed by atoms with Gasteiger partial charge in [-0.2, -0.15) is 5.10 Å². The monoisotopic (exact) mass is 380 g/mol. The van der Waals surface area contributed by atoms with Gasteiger partial charge in [0.15, 0.2) is 29.2 Å². The number of aromatic nitrogens is 2. The van der Waals surface area contributed by atoms with Gasteiger partial charge in [-0.3, -0.25) is 4.79 Å². The Labute approximate surface area is 153 Å². The van der Waals surface area contributed by atoms with Gasteiger partial charge in [0.05, 0.1) is 6.20 Å². The first-order chi connectivity index (χ1) is 13.0. The summed E-state index contributed by atoms with van der Waals surface area (Å²) in [4.78, 5) is 24.0. The molecule has 27 heavy (non-hydrogen) atoms. The maximum atomic E-state index is 13.7. The molecule has 7 nitrogen and oxygen atoms in total. The number of carboxylic acid groups (broad SMARTS) is 1. The number of carbonyl (C=O) groups is 1. The van der Waals surface area contributed by atoms with Gasteiger partial charge in [-0.25, -0.2) is 18.3 Å². The largest absolute Gasteiger partial charge is 0.480 e. The number of para-hydroxylation sites is 1. The maximum absolute atomic E-state index is 13.7. The first-order valence-corrected chi connectivity index (χ1v) is 8.47. The number of aliphatic carboxylic acids is 1.